The molecule has 0 aliphatic heterocycles. The number of alkyl halides is 3. The highest BCUT2D eigenvalue weighted by Crippen LogP contribution is 2.24. The molecule has 30 heavy (non-hydrogen) atoms. The first kappa shape index (κ1) is 25.0. The molecule has 0 aliphatic rings. The van der Waals surface area contributed by atoms with E-state index in [0.29, 0.717) is 16.7 Å². The van der Waals surface area contributed by atoms with Crippen molar-refractivity contribution in [3.8, 4) is 5.88 Å². The largest absolute Gasteiger partial charge is 0.473 e. The Kier molecular flexibility index (Phi) is 9.00. The van der Waals surface area contributed by atoms with Gasteiger partial charge in [0.25, 0.3) is 5.88 Å². The second-order valence-corrected chi connectivity index (χ2v) is 10.3. The van der Waals surface area contributed by atoms with Crippen LogP contribution in [0.25, 0.3) is 5.65 Å². The molecule has 0 spiro atoms. The van der Waals surface area contributed by atoms with Gasteiger partial charge in [-0.2, -0.15) is 18.3 Å². The highest BCUT2D eigenvalue weighted by molar-refractivity contribution is 9.10. The van der Waals surface area contributed by atoms with E-state index in [1.165, 1.54) is 10.8 Å². The molecule has 0 aromatic carbocycles. The van der Waals surface area contributed by atoms with Gasteiger partial charge in [-0.15, -0.1) is 0 Å². The Labute approximate surface area is 183 Å². The highest BCUT2D eigenvalue weighted by atomic mass is 79.9. The standard InChI is InChI=1S/C17H25BrF3N5O3S/c1-16(2,3)30(27)25-12(4-6-17(19,20)21)5-7-28-8-9-29-15-14-22-11-23-26(14)10-13(18)24-15/h10-12,25H,4-9H2,1-3H3/t12-,30+/m0/s1. The fourth-order valence-electron chi connectivity index (χ4n) is 2.32. The van der Waals surface area contributed by atoms with E-state index in [2.05, 4.69) is 35.7 Å². The SMILES string of the molecule is CC(C)(C)[S@@](=O)N[C@H](CCOCCOc1nc(Br)cn2ncnc12)CCC(F)(F)F. The number of ether oxygens (including phenoxy) is 2. The van der Waals surface area contributed by atoms with E-state index >= 15 is 0 Å². The van der Waals surface area contributed by atoms with Crippen LogP contribution in [-0.4, -0.2) is 60.6 Å². The number of halogens is 4. The predicted octanol–water partition coefficient (Wildman–Crippen LogP) is 3.44. The van der Waals surface area contributed by atoms with E-state index in [1.54, 1.807) is 27.0 Å². The Morgan fingerprint density at radius 2 is 1.97 bits per heavy atom. The minimum absolute atomic E-state index is 0.169. The molecule has 1 N–H and O–H groups in total. The summed E-state index contributed by atoms with van der Waals surface area (Å²) >= 11 is 3.26. The van der Waals surface area contributed by atoms with Crippen molar-refractivity contribution in [3.63, 3.8) is 0 Å². The number of nitrogens with zero attached hydrogens (tertiary/aromatic N) is 4. The van der Waals surface area contributed by atoms with E-state index in [1.807, 2.05) is 0 Å². The number of aromatic nitrogens is 4. The molecule has 0 fully saturated rings. The monoisotopic (exact) mass is 515 g/mol. The van der Waals surface area contributed by atoms with Gasteiger partial charge in [0.05, 0.1) is 28.5 Å². The van der Waals surface area contributed by atoms with Crippen LogP contribution in [0.3, 0.4) is 0 Å². The quantitative estimate of drug-likeness (QED) is 0.461. The van der Waals surface area contributed by atoms with Crippen LogP contribution in [0.1, 0.15) is 40.0 Å². The molecule has 2 rings (SSSR count). The number of nitrogens with one attached hydrogen (secondary N) is 1. The zero-order chi connectivity index (χ0) is 22.4. The first-order valence-corrected chi connectivity index (χ1v) is 11.2. The summed E-state index contributed by atoms with van der Waals surface area (Å²) in [6.45, 7) is 5.86. The van der Waals surface area contributed by atoms with Crippen LogP contribution in [0.15, 0.2) is 17.1 Å². The normalized spacial score (nSPS) is 14.8. The molecule has 2 aromatic heterocycles. The van der Waals surface area contributed by atoms with Gasteiger partial charge >= 0.3 is 6.18 Å². The molecule has 13 heteroatoms. The Morgan fingerprint density at radius 1 is 1.23 bits per heavy atom. The van der Waals surface area contributed by atoms with Crippen molar-refractivity contribution in [2.45, 2.75) is 57.0 Å². The van der Waals surface area contributed by atoms with Gasteiger partial charge in [-0.25, -0.2) is 23.4 Å². The predicted molar refractivity (Wildman–Crippen MR) is 110 cm³/mol. The summed E-state index contributed by atoms with van der Waals surface area (Å²) in [4.78, 5) is 8.25. The van der Waals surface area contributed by atoms with Crippen LogP contribution in [0.4, 0.5) is 13.2 Å². The molecule has 0 bridgehead atoms. The van der Waals surface area contributed by atoms with E-state index in [-0.39, 0.29) is 32.1 Å². The van der Waals surface area contributed by atoms with Crippen molar-refractivity contribution in [2.75, 3.05) is 19.8 Å². The molecule has 0 saturated carbocycles. The average Bonchev–Trinajstić information content (AvgIpc) is 3.08. The lowest BCUT2D eigenvalue weighted by Crippen LogP contribution is -2.41. The number of hydrogen-bond donors (Lipinski definition) is 1. The molecule has 0 unspecified atom stereocenters. The molecule has 2 atom stereocenters. The van der Waals surface area contributed by atoms with Crippen molar-refractivity contribution in [2.24, 2.45) is 0 Å². The van der Waals surface area contributed by atoms with Crippen LogP contribution in [0.2, 0.25) is 0 Å². The summed E-state index contributed by atoms with van der Waals surface area (Å²) in [6, 6.07) is -0.574. The molecule has 0 radical (unpaired) electrons. The van der Waals surface area contributed by atoms with Crippen LogP contribution in [-0.2, 0) is 15.7 Å². The fraction of sp³-hybridized carbons (Fsp3) is 0.706. The van der Waals surface area contributed by atoms with E-state index < -0.39 is 34.4 Å². The first-order chi connectivity index (χ1) is 14.0. The Bertz CT molecular complexity index is 844. The van der Waals surface area contributed by atoms with Crippen molar-refractivity contribution in [1.29, 1.82) is 0 Å². The number of hydrogen-bond acceptors (Lipinski definition) is 6. The molecule has 2 heterocycles. The van der Waals surface area contributed by atoms with E-state index in [9.17, 15) is 17.4 Å². The van der Waals surface area contributed by atoms with Gasteiger partial charge in [-0.05, 0) is 49.5 Å². The topological polar surface area (TPSA) is 90.6 Å². The minimum atomic E-state index is -4.26. The lowest BCUT2D eigenvalue weighted by molar-refractivity contribution is -0.136. The van der Waals surface area contributed by atoms with Crippen molar-refractivity contribution < 1.29 is 26.9 Å². The van der Waals surface area contributed by atoms with Crippen molar-refractivity contribution in [1.82, 2.24) is 24.3 Å². The molecule has 0 aliphatic carbocycles. The maximum absolute atomic E-state index is 12.6. The van der Waals surface area contributed by atoms with Gasteiger partial charge in [0, 0.05) is 19.1 Å². The third kappa shape index (κ3) is 8.44. The first-order valence-electron chi connectivity index (χ1n) is 9.27. The van der Waals surface area contributed by atoms with Crippen molar-refractivity contribution in [3.05, 3.63) is 17.1 Å². The molecule has 0 amide bonds. The molecular formula is C17H25BrF3N5O3S. The molecule has 2 aromatic rings. The van der Waals surface area contributed by atoms with Gasteiger partial charge in [0.2, 0.25) is 5.65 Å². The summed E-state index contributed by atoms with van der Waals surface area (Å²) in [7, 11) is -1.47. The summed E-state index contributed by atoms with van der Waals surface area (Å²) in [6.07, 6.45) is -2.07. The van der Waals surface area contributed by atoms with Crippen molar-refractivity contribution >= 4 is 32.6 Å². The minimum Gasteiger partial charge on any atom is -0.473 e. The molecular weight excluding hydrogens is 491 g/mol. The second-order valence-electron chi connectivity index (χ2n) is 7.50. The van der Waals surface area contributed by atoms with Gasteiger partial charge < -0.3 is 9.47 Å². The molecule has 8 nitrogen and oxygen atoms in total. The maximum Gasteiger partial charge on any atom is 0.389 e. The Morgan fingerprint density at radius 3 is 2.63 bits per heavy atom. The zero-order valence-corrected chi connectivity index (χ0v) is 19.3. The smallest absolute Gasteiger partial charge is 0.389 e. The van der Waals surface area contributed by atoms with Crippen LogP contribution >= 0.6 is 15.9 Å². The van der Waals surface area contributed by atoms with Gasteiger partial charge in [0.1, 0.15) is 17.5 Å². The lowest BCUT2D eigenvalue weighted by atomic mass is 10.1. The van der Waals surface area contributed by atoms with Crippen LogP contribution in [0.5, 0.6) is 5.88 Å². The number of fused-ring (bicyclic) bond motifs is 1. The van der Waals surface area contributed by atoms with Gasteiger partial charge in [-0.1, -0.05) is 0 Å². The molecule has 0 saturated heterocycles. The van der Waals surface area contributed by atoms with Gasteiger partial charge in [-0.3, -0.25) is 0 Å². The highest BCUT2D eigenvalue weighted by Gasteiger charge is 2.30. The Hall–Kier alpha value is -1.31. The lowest BCUT2D eigenvalue weighted by Gasteiger charge is -2.24. The summed E-state index contributed by atoms with van der Waals surface area (Å²) in [5.74, 6) is 0.288. The third-order valence-corrected chi connectivity index (χ3v) is 5.93. The maximum atomic E-state index is 12.6. The number of rotatable bonds is 11. The zero-order valence-electron chi connectivity index (χ0n) is 16.9. The second kappa shape index (κ2) is 10.8. The van der Waals surface area contributed by atoms with Gasteiger partial charge in [0.15, 0.2) is 0 Å². The summed E-state index contributed by atoms with van der Waals surface area (Å²) < 4.78 is 65.3. The molecule has 170 valence electrons. The average molecular weight is 516 g/mol. The van der Waals surface area contributed by atoms with Crippen LogP contribution in [0, 0.1) is 0 Å². The van der Waals surface area contributed by atoms with Crippen LogP contribution < -0.4 is 9.46 Å². The fourth-order valence-corrected chi connectivity index (χ4v) is 3.57. The van der Waals surface area contributed by atoms with E-state index in [0.717, 1.165) is 0 Å². The Balaban J connectivity index is 1.78. The third-order valence-electron chi connectivity index (χ3n) is 3.88. The summed E-state index contributed by atoms with van der Waals surface area (Å²) in [5, 5.41) is 4.01. The summed E-state index contributed by atoms with van der Waals surface area (Å²) in [5.41, 5.74) is 0.458. The van der Waals surface area contributed by atoms with E-state index in [4.69, 9.17) is 9.47 Å².